The van der Waals surface area contributed by atoms with Gasteiger partial charge in [0.15, 0.2) is 5.96 Å². The van der Waals surface area contributed by atoms with Crippen LogP contribution in [0.15, 0.2) is 52.1 Å². The maximum atomic E-state index is 5.40. The normalized spacial score (nSPS) is 11.0. The Hall–Kier alpha value is -1.35. The van der Waals surface area contributed by atoms with E-state index in [-0.39, 0.29) is 24.0 Å². The summed E-state index contributed by atoms with van der Waals surface area (Å²) in [5.41, 5.74) is 1.16. The number of nitrogens with zero attached hydrogens (tertiary/aromatic N) is 1. The van der Waals surface area contributed by atoms with E-state index in [0.29, 0.717) is 6.54 Å². The third-order valence-corrected chi connectivity index (χ3v) is 5.09. The second kappa shape index (κ2) is 16.4. The topological polar surface area (TPSA) is 58.8 Å². The predicted molar refractivity (Wildman–Crippen MR) is 135 cm³/mol. The predicted octanol–water partition coefficient (Wildman–Crippen LogP) is 5.11. The SMILES string of the molecule is COc1ccc(CN=C(NCCCCCCSC)NCCc2ccco2)cc1.I. The zero-order valence-electron chi connectivity index (χ0n) is 17.5. The van der Waals surface area contributed by atoms with Crippen LogP contribution >= 0.6 is 35.7 Å². The molecule has 0 unspecified atom stereocenters. The number of guanidine groups is 1. The minimum Gasteiger partial charge on any atom is -0.497 e. The van der Waals surface area contributed by atoms with Crippen molar-refractivity contribution in [3.8, 4) is 5.75 Å². The lowest BCUT2D eigenvalue weighted by Crippen LogP contribution is -2.39. The van der Waals surface area contributed by atoms with Crippen LogP contribution in [0.3, 0.4) is 0 Å². The average Bonchev–Trinajstić information content (AvgIpc) is 3.24. The molecule has 0 radical (unpaired) electrons. The number of hydrogen-bond acceptors (Lipinski definition) is 4. The summed E-state index contributed by atoms with van der Waals surface area (Å²) >= 11 is 1.92. The van der Waals surface area contributed by atoms with Crippen LogP contribution in [0.25, 0.3) is 0 Å². The summed E-state index contributed by atoms with van der Waals surface area (Å²) in [5.74, 6) is 3.96. The number of halogens is 1. The van der Waals surface area contributed by atoms with Crippen LogP contribution in [0.1, 0.15) is 37.0 Å². The fraction of sp³-hybridized carbons (Fsp3) is 0.500. The fourth-order valence-electron chi connectivity index (χ4n) is 2.77. The van der Waals surface area contributed by atoms with Crippen LogP contribution in [0.5, 0.6) is 5.75 Å². The summed E-state index contributed by atoms with van der Waals surface area (Å²) < 4.78 is 10.6. The Bertz CT molecular complexity index is 663. The number of ether oxygens (including phenoxy) is 1. The van der Waals surface area contributed by atoms with E-state index in [9.17, 15) is 0 Å². The maximum absolute atomic E-state index is 5.40. The van der Waals surface area contributed by atoms with Gasteiger partial charge in [0.2, 0.25) is 0 Å². The summed E-state index contributed by atoms with van der Waals surface area (Å²) in [6.45, 7) is 2.36. The number of furan rings is 1. The lowest BCUT2D eigenvalue weighted by molar-refractivity contribution is 0.414. The van der Waals surface area contributed by atoms with Gasteiger partial charge in [0.25, 0.3) is 0 Å². The Balaban J connectivity index is 0.00000420. The highest BCUT2D eigenvalue weighted by molar-refractivity contribution is 14.0. The first-order valence-electron chi connectivity index (χ1n) is 9.98. The molecule has 0 fully saturated rings. The number of benzene rings is 1. The minimum absolute atomic E-state index is 0. The quantitative estimate of drug-likeness (QED) is 0.163. The standard InChI is InChI=1S/C22H33N3O2S.HI/c1-26-20-11-9-19(10-12-20)18-25-22(23-14-5-3-4-6-17-28-2)24-15-13-21-8-7-16-27-21;/h7-12,16H,3-6,13-15,17-18H2,1-2H3,(H2,23,24,25);1H. The molecule has 5 nitrogen and oxygen atoms in total. The molecule has 0 aliphatic rings. The van der Waals surface area contributed by atoms with Crippen LogP contribution < -0.4 is 15.4 Å². The van der Waals surface area contributed by atoms with Crippen molar-refractivity contribution in [2.45, 2.75) is 38.6 Å². The molecule has 0 spiro atoms. The van der Waals surface area contributed by atoms with Gasteiger partial charge in [-0.3, -0.25) is 0 Å². The minimum atomic E-state index is 0. The number of thioether (sulfide) groups is 1. The highest BCUT2D eigenvalue weighted by Gasteiger charge is 2.01. The number of rotatable bonds is 13. The number of methoxy groups -OCH3 is 1. The molecule has 29 heavy (non-hydrogen) atoms. The molecule has 2 N–H and O–H groups in total. The van der Waals surface area contributed by atoms with E-state index in [2.05, 4.69) is 29.0 Å². The molecule has 0 amide bonds. The van der Waals surface area contributed by atoms with Crippen molar-refractivity contribution in [2.24, 2.45) is 4.99 Å². The summed E-state index contributed by atoms with van der Waals surface area (Å²) in [5, 5.41) is 6.87. The molecule has 0 aliphatic carbocycles. The van der Waals surface area contributed by atoms with E-state index in [1.165, 1.54) is 25.0 Å². The van der Waals surface area contributed by atoms with E-state index in [0.717, 1.165) is 49.0 Å². The second-order valence-corrected chi connectivity index (χ2v) is 7.59. The Kier molecular flexibility index (Phi) is 14.6. The molecular formula is C22H34IN3O2S. The van der Waals surface area contributed by atoms with Gasteiger partial charge < -0.3 is 19.8 Å². The van der Waals surface area contributed by atoms with Crippen molar-refractivity contribution in [3.05, 3.63) is 54.0 Å². The first-order chi connectivity index (χ1) is 13.8. The monoisotopic (exact) mass is 531 g/mol. The van der Waals surface area contributed by atoms with Crippen LogP contribution in [0, 0.1) is 0 Å². The fourth-order valence-corrected chi connectivity index (χ4v) is 3.26. The molecule has 0 aliphatic heterocycles. The average molecular weight is 532 g/mol. The van der Waals surface area contributed by atoms with Gasteiger partial charge in [0, 0.05) is 19.5 Å². The zero-order chi connectivity index (χ0) is 19.9. The summed E-state index contributed by atoms with van der Waals surface area (Å²) in [6.07, 6.45) is 9.74. The van der Waals surface area contributed by atoms with Gasteiger partial charge in [0.1, 0.15) is 11.5 Å². The molecule has 2 aromatic rings. The Labute approximate surface area is 196 Å². The molecule has 0 saturated heterocycles. The Morgan fingerprint density at radius 2 is 1.79 bits per heavy atom. The van der Waals surface area contributed by atoms with Crippen molar-refractivity contribution in [3.63, 3.8) is 0 Å². The van der Waals surface area contributed by atoms with Crippen molar-refractivity contribution < 1.29 is 9.15 Å². The molecule has 1 heterocycles. The first-order valence-corrected chi connectivity index (χ1v) is 11.4. The maximum Gasteiger partial charge on any atom is 0.191 e. The molecule has 7 heteroatoms. The lowest BCUT2D eigenvalue weighted by Gasteiger charge is -2.12. The van der Waals surface area contributed by atoms with Gasteiger partial charge in [-0.05, 0) is 54.7 Å². The highest BCUT2D eigenvalue weighted by Crippen LogP contribution is 2.12. The van der Waals surface area contributed by atoms with Gasteiger partial charge in [-0.25, -0.2) is 4.99 Å². The highest BCUT2D eigenvalue weighted by atomic mass is 127. The first kappa shape index (κ1) is 25.7. The lowest BCUT2D eigenvalue weighted by atomic mass is 10.2. The molecule has 0 atom stereocenters. The number of unbranched alkanes of at least 4 members (excludes halogenated alkanes) is 3. The van der Waals surface area contributed by atoms with Gasteiger partial charge in [-0.1, -0.05) is 25.0 Å². The summed E-state index contributed by atoms with van der Waals surface area (Å²) in [7, 11) is 1.68. The van der Waals surface area contributed by atoms with Gasteiger partial charge in [-0.15, -0.1) is 24.0 Å². The van der Waals surface area contributed by atoms with E-state index in [1.807, 2.05) is 36.0 Å². The Morgan fingerprint density at radius 1 is 1.03 bits per heavy atom. The number of nitrogens with one attached hydrogen (secondary N) is 2. The summed E-state index contributed by atoms with van der Waals surface area (Å²) in [4.78, 5) is 4.74. The van der Waals surface area contributed by atoms with E-state index in [1.54, 1.807) is 13.4 Å². The molecule has 162 valence electrons. The van der Waals surface area contributed by atoms with Crippen LogP contribution in [-0.2, 0) is 13.0 Å². The third kappa shape index (κ3) is 11.4. The largest absolute Gasteiger partial charge is 0.497 e. The van der Waals surface area contributed by atoms with E-state index >= 15 is 0 Å². The van der Waals surface area contributed by atoms with Gasteiger partial charge >= 0.3 is 0 Å². The zero-order valence-corrected chi connectivity index (χ0v) is 20.6. The number of aliphatic imine (C=N–C) groups is 1. The molecule has 2 rings (SSSR count). The van der Waals surface area contributed by atoms with Crippen LogP contribution in [0.2, 0.25) is 0 Å². The molecular weight excluding hydrogens is 497 g/mol. The molecule has 1 aromatic heterocycles. The van der Waals surface area contributed by atoms with Crippen molar-refractivity contribution in [1.82, 2.24) is 10.6 Å². The van der Waals surface area contributed by atoms with Crippen LogP contribution in [0.4, 0.5) is 0 Å². The van der Waals surface area contributed by atoms with Crippen molar-refractivity contribution in [2.75, 3.05) is 32.2 Å². The smallest absolute Gasteiger partial charge is 0.191 e. The van der Waals surface area contributed by atoms with Crippen molar-refractivity contribution >= 4 is 41.7 Å². The van der Waals surface area contributed by atoms with Gasteiger partial charge in [0.05, 0.1) is 19.9 Å². The summed E-state index contributed by atoms with van der Waals surface area (Å²) in [6, 6.07) is 12.0. The van der Waals surface area contributed by atoms with Crippen molar-refractivity contribution in [1.29, 1.82) is 0 Å². The van der Waals surface area contributed by atoms with E-state index in [4.69, 9.17) is 14.1 Å². The number of hydrogen-bond donors (Lipinski definition) is 2. The second-order valence-electron chi connectivity index (χ2n) is 6.60. The Morgan fingerprint density at radius 3 is 2.48 bits per heavy atom. The third-order valence-electron chi connectivity index (χ3n) is 4.39. The van der Waals surface area contributed by atoms with Gasteiger partial charge in [-0.2, -0.15) is 11.8 Å². The molecule has 1 aromatic carbocycles. The molecule has 0 saturated carbocycles. The van der Waals surface area contributed by atoms with E-state index < -0.39 is 0 Å². The molecule has 0 bridgehead atoms. The van der Waals surface area contributed by atoms with Crippen LogP contribution in [-0.4, -0.2) is 38.2 Å².